The standard InChI is InChI=1S/C14H20F3N3/c1-13(2)5-3-6-18-11(13)9-20-12-8-10(4-7-19-12)14(15,16)17/h4,7-8,11,18H,3,5-6,9H2,1-2H3,(H,19,20). The summed E-state index contributed by atoms with van der Waals surface area (Å²) in [6.07, 6.45) is -0.903. The molecule has 1 aliphatic heterocycles. The first-order chi connectivity index (χ1) is 9.29. The Morgan fingerprint density at radius 3 is 2.85 bits per heavy atom. The van der Waals surface area contributed by atoms with Gasteiger partial charge in [-0.05, 0) is 36.9 Å². The van der Waals surface area contributed by atoms with Crippen LogP contribution in [0.3, 0.4) is 0 Å². The molecule has 112 valence electrons. The second kappa shape index (κ2) is 5.60. The van der Waals surface area contributed by atoms with Crippen molar-refractivity contribution in [3.05, 3.63) is 23.9 Å². The minimum atomic E-state index is -4.33. The summed E-state index contributed by atoms with van der Waals surface area (Å²) in [5.41, 5.74) is -0.543. The Balaban J connectivity index is 2.00. The molecule has 2 N–H and O–H groups in total. The minimum Gasteiger partial charge on any atom is -0.368 e. The number of halogens is 3. The zero-order valence-corrected chi connectivity index (χ0v) is 11.7. The van der Waals surface area contributed by atoms with Crippen LogP contribution in [0.4, 0.5) is 19.0 Å². The highest BCUT2D eigenvalue weighted by molar-refractivity contribution is 5.38. The van der Waals surface area contributed by atoms with E-state index in [1.54, 1.807) is 0 Å². The van der Waals surface area contributed by atoms with Crippen molar-refractivity contribution in [1.82, 2.24) is 10.3 Å². The smallest absolute Gasteiger partial charge is 0.368 e. The first kappa shape index (κ1) is 15.1. The molecule has 0 radical (unpaired) electrons. The van der Waals surface area contributed by atoms with Gasteiger partial charge in [0.1, 0.15) is 5.82 Å². The highest BCUT2D eigenvalue weighted by atomic mass is 19.4. The Hall–Kier alpha value is -1.30. The quantitative estimate of drug-likeness (QED) is 0.895. The van der Waals surface area contributed by atoms with Crippen molar-refractivity contribution in [2.45, 2.75) is 38.9 Å². The van der Waals surface area contributed by atoms with Gasteiger partial charge in [0, 0.05) is 18.8 Å². The molecule has 1 unspecified atom stereocenters. The van der Waals surface area contributed by atoms with Crippen molar-refractivity contribution in [2.75, 3.05) is 18.4 Å². The van der Waals surface area contributed by atoms with E-state index in [0.717, 1.165) is 31.5 Å². The van der Waals surface area contributed by atoms with Crippen molar-refractivity contribution in [3.63, 3.8) is 0 Å². The van der Waals surface area contributed by atoms with E-state index in [1.807, 2.05) is 0 Å². The molecule has 2 rings (SSSR count). The van der Waals surface area contributed by atoms with Crippen LogP contribution in [0.5, 0.6) is 0 Å². The molecule has 6 heteroatoms. The van der Waals surface area contributed by atoms with Crippen LogP contribution in [0.1, 0.15) is 32.3 Å². The van der Waals surface area contributed by atoms with E-state index < -0.39 is 11.7 Å². The number of hydrogen-bond donors (Lipinski definition) is 2. The van der Waals surface area contributed by atoms with Gasteiger partial charge in [0.05, 0.1) is 5.56 Å². The van der Waals surface area contributed by atoms with Gasteiger partial charge in [-0.3, -0.25) is 0 Å². The van der Waals surface area contributed by atoms with Gasteiger partial charge in [0.2, 0.25) is 0 Å². The molecule has 1 atom stereocenters. The highest BCUT2D eigenvalue weighted by Crippen LogP contribution is 2.31. The monoisotopic (exact) mass is 287 g/mol. The van der Waals surface area contributed by atoms with Gasteiger partial charge in [0.15, 0.2) is 0 Å². The fraction of sp³-hybridized carbons (Fsp3) is 0.643. The van der Waals surface area contributed by atoms with Crippen molar-refractivity contribution in [2.24, 2.45) is 5.41 Å². The Kier molecular flexibility index (Phi) is 4.22. The molecule has 0 aliphatic carbocycles. The summed E-state index contributed by atoms with van der Waals surface area (Å²) in [7, 11) is 0. The molecule has 1 aliphatic rings. The van der Waals surface area contributed by atoms with Crippen LogP contribution >= 0.6 is 0 Å². The lowest BCUT2D eigenvalue weighted by atomic mass is 9.77. The summed E-state index contributed by atoms with van der Waals surface area (Å²) in [4.78, 5) is 3.95. The van der Waals surface area contributed by atoms with Crippen LogP contribution in [0, 0.1) is 5.41 Å². The molecule has 0 bridgehead atoms. The number of piperidine rings is 1. The van der Waals surface area contributed by atoms with Crippen LogP contribution in [-0.2, 0) is 6.18 Å². The van der Waals surface area contributed by atoms with Gasteiger partial charge >= 0.3 is 6.18 Å². The number of aromatic nitrogens is 1. The topological polar surface area (TPSA) is 37.0 Å². The van der Waals surface area contributed by atoms with Crippen molar-refractivity contribution in [1.29, 1.82) is 0 Å². The van der Waals surface area contributed by atoms with Crippen LogP contribution in [0.25, 0.3) is 0 Å². The number of pyridine rings is 1. The SMILES string of the molecule is CC1(C)CCCNC1CNc1cc(C(F)(F)F)ccn1. The molecule has 0 amide bonds. The summed E-state index contributed by atoms with van der Waals surface area (Å²) in [5.74, 6) is 0.267. The molecule has 0 spiro atoms. The van der Waals surface area contributed by atoms with Gasteiger partial charge in [-0.2, -0.15) is 13.2 Å². The predicted octanol–water partition coefficient (Wildman–Crippen LogP) is 3.29. The third kappa shape index (κ3) is 3.62. The Morgan fingerprint density at radius 1 is 1.45 bits per heavy atom. The molecular weight excluding hydrogens is 267 g/mol. The highest BCUT2D eigenvalue weighted by Gasteiger charge is 2.32. The lowest BCUT2D eigenvalue weighted by molar-refractivity contribution is -0.137. The van der Waals surface area contributed by atoms with E-state index in [1.165, 1.54) is 6.20 Å². The van der Waals surface area contributed by atoms with E-state index >= 15 is 0 Å². The normalized spacial score (nSPS) is 22.6. The lowest BCUT2D eigenvalue weighted by Crippen LogP contribution is -2.50. The molecule has 2 heterocycles. The van der Waals surface area contributed by atoms with Crippen LogP contribution in [0.15, 0.2) is 18.3 Å². The average molecular weight is 287 g/mol. The maximum Gasteiger partial charge on any atom is 0.416 e. The molecular formula is C14H20F3N3. The molecule has 20 heavy (non-hydrogen) atoms. The molecule has 0 aromatic carbocycles. The fourth-order valence-electron chi connectivity index (χ4n) is 2.53. The average Bonchev–Trinajstić information content (AvgIpc) is 2.36. The van der Waals surface area contributed by atoms with Crippen molar-refractivity contribution < 1.29 is 13.2 Å². The number of nitrogens with zero attached hydrogens (tertiary/aromatic N) is 1. The fourth-order valence-corrected chi connectivity index (χ4v) is 2.53. The van der Waals surface area contributed by atoms with E-state index in [2.05, 4.69) is 29.5 Å². The summed E-state index contributed by atoms with van der Waals surface area (Å²) >= 11 is 0. The molecule has 1 saturated heterocycles. The summed E-state index contributed by atoms with van der Waals surface area (Å²) in [5, 5.41) is 6.42. The van der Waals surface area contributed by atoms with Gasteiger partial charge in [-0.25, -0.2) is 4.98 Å². The molecule has 1 aromatic heterocycles. The Labute approximate surface area is 117 Å². The van der Waals surface area contributed by atoms with Crippen LogP contribution in [0.2, 0.25) is 0 Å². The first-order valence-electron chi connectivity index (χ1n) is 6.79. The Morgan fingerprint density at radius 2 is 2.20 bits per heavy atom. The van der Waals surface area contributed by atoms with Gasteiger partial charge in [0.25, 0.3) is 0 Å². The van der Waals surface area contributed by atoms with E-state index in [0.29, 0.717) is 6.54 Å². The number of rotatable bonds is 3. The number of alkyl halides is 3. The number of anilines is 1. The van der Waals surface area contributed by atoms with Crippen LogP contribution < -0.4 is 10.6 Å². The molecule has 0 saturated carbocycles. The van der Waals surface area contributed by atoms with Gasteiger partial charge < -0.3 is 10.6 Å². The second-order valence-electron chi connectivity index (χ2n) is 5.91. The van der Waals surface area contributed by atoms with E-state index in [9.17, 15) is 13.2 Å². The third-order valence-corrected chi connectivity index (χ3v) is 3.91. The largest absolute Gasteiger partial charge is 0.416 e. The molecule has 1 aromatic rings. The zero-order valence-electron chi connectivity index (χ0n) is 11.7. The zero-order chi connectivity index (χ0) is 14.8. The van der Waals surface area contributed by atoms with Gasteiger partial charge in [-0.1, -0.05) is 13.8 Å². The first-order valence-corrected chi connectivity index (χ1v) is 6.79. The number of nitrogens with one attached hydrogen (secondary N) is 2. The van der Waals surface area contributed by atoms with Crippen LogP contribution in [-0.4, -0.2) is 24.1 Å². The summed E-state index contributed by atoms with van der Waals surface area (Å²) in [6.45, 7) is 5.86. The van der Waals surface area contributed by atoms with Crippen molar-refractivity contribution in [3.8, 4) is 0 Å². The van der Waals surface area contributed by atoms with Crippen molar-refractivity contribution >= 4 is 5.82 Å². The third-order valence-electron chi connectivity index (χ3n) is 3.91. The maximum atomic E-state index is 12.6. The summed E-state index contributed by atoms with van der Waals surface area (Å²) in [6, 6.07) is 2.26. The number of hydrogen-bond acceptors (Lipinski definition) is 3. The van der Waals surface area contributed by atoms with E-state index in [4.69, 9.17) is 0 Å². The lowest BCUT2D eigenvalue weighted by Gasteiger charge is -2.39. The second-order valence-corrected chi connectivity index (χ2v) is 5.91. The predicted molar refractivity (Wildman–Crippen MR) is 72.5 cm³/mol. The summed E-state index contributed by atoms with van der Waals surface area (Å²) < 4.78 is 37.9. The molecule has 1 fully saturated rings. The molecule has 3 nitrogen and oxygen atoms in total. The minimum absolute atomic E-state index is 0.132. The van der Waals surface area contributed by atoms with Gasteiger partial charge in [-0.15, -0.1) is 0 Å². The Bertz CT molecular complexity index is 457. The maximum absolute atomic E-state index is 12.6. The van der Waals surface area contributed by atoms with E-state index in [-0.39, 0.29) is 17.3 Å².